The highest BCUT2D eigenvalue weighted by Crippen LogP contribution is 2.10. The van der Waals surface area contributed by atoms with Gasteiger partial charge in [-0.05, 0) is 25.8 Å². The minimum atomic E-state index is -0.551. The van der Waals surface area contributed by atoms with Gasteiger partial charge in [0.1, 0.15) is 6.04 Å². The fraction of sp³-hybridized carbons (Fsp3) is 0.833. The summed E-state index contributed by atoms with van der Waals surface area (Å²) in [5.74, 6) is -0.437. The number of hydrogen-bond acceptors (Lipinski definition) is 4. The third kappa shape index (κ3) is 6.26. The summed E-state index contributed by atoms with van der Waals surface area (Å²) in [7, 11) is 0. The SMILES string of the molecule is CCOC(=O)C(NC(=O)CCCN)C(C)CC. The molecule has 0 aromatic rings. The minimum absolute atomic E-state index is 0.0656. The maximum absolute atomic E-state index is 11.7. The highest BCUT2D eigenvalue weighted by Gasteiger charge is 2.26. The van der Waals surface area contributed by atoms with E-state index in [2.05, 4.69) is 5.32 Å². The summed E-state index contributed by atoms with van der Waals surface area (Å²) in [6.45, 7) is 6.45. The fourth-order valence-electron chi connectivity index (χ4n) is 1.41. The lowest BCUT2D eigenvalue weighted by molar-refractivity contribution is -0.149. The normalized spacial score (nSPS) is 13.9. The number of nitrogens with two attached hydrogens (primary N) is 1. The summed E-state index contributed by atoms with van der Waals surface area (Å²) in [6, 6.07) is -0.551. The molecule has 0 rings (SSSR count). The largest absolute Gasteiger partial charge is 0.464 e. The van der Waals surface area contributed by atoms with Crippen LogP contribution in [0.4, 0.5) is 0 Å². The highest BCUT2D eigenvalue weighted by atomic mass is 16.5. The summed E-state index contributed by atoms with van der Waals surface area (Å²) in [5.41, 5.74) is 5.33. The smallest absolute Gasteiger partial charge is 0.328 e. The van der Waals surface area contributed by atoms with E-state index in [1.54, 1.807) is 6.92 Å². The van der Waals surface area contributed by atoms with Crippen molar-refractivity contribution in [1.29, 1.82) is 0 Å². The average Bonchev–Trinajstić information content (AvgIpc) is 2.32. The van der Waals surface area contributed by atoms with Gasteiger partial charge in [0.15, 0.2) is 0 Å². The van der Waals surface area contributed by atoms with E-state index >= 15 is 0 Å². The van der Waals surface area contributed by atoms with Gasteiger partial charge in [0.2, 0.25) is 5.91 Å². The topological polar surface area (TPSA) is 81.4 Å². The van der Waals surface area contributed by atoms with Crippen LogP contribution >= 0.6 is 0 Å². The summed E-state index contributed by atoms with van der Waals surface area (Å²) >= 11 is 0. The van der Waals surface area contributed by atoms with Gasteiger partial charge in [-0.1, -0.05) is 20.3 Å². The maximum Gasteiger partial charge on any atom is 0.328 e. The van der Waals surface area contributed by atoms with Crippen LogP contribution in [0.2, 0.25) is 0 Å². The summed E-state index contributed by atoms with van der Waals surface area (Å²) < 4.78 is 4.95. The predicted octanol–water partition coefficient (Wildman–Crippen LogP) is 0.819. The van der Waals surface area contributed by atoms with Gasteiger partial charge in [-0.25, -0.2) is 4.79 Å². The Hall–Kier alpha value is -1.10. The Morgan fingerprint density at radius 3 is 2.47 bits per heavy atom. The first-order chi connectivity index (χ1) is 8.06. The quantitative estimate of drug-likeness (QED) is 0.619. The number of carbonyl (C=O) groups excluding carboxylic acids is 2. The van der Waals surface area contributed by atoms with Crippen LogP contribution in [-0.4, -0.2) is 31.1 Å². The molecule has 0 aliphatic rings. The van der Waals surface area contributed by atoms with Gasteiger partial charge in [-0.3, -0.25) is 4.79 Å². The number of nitrogens with one attached hydrogen (secondary N) is 1. The van der Waals surface area contributed by atoms with Gasteiger partial charge in [0.25, 0.3) is 0 Å². The molecule has 0 aromatic carbocycles. The molecule has 0 bridgehead atoms. The molecule has 0 aliphatic carbocycles. The maximum atomic E-state index is 11.7. The minimum Gasteiger partial charge on any atom is -0.464 e. The Kier molecular flexibility index (Phi) is 8.40. The lowest BCUT2D eigenvalue weighted by atomic mass is 9.99. The van der Waals surface area contributed by atoms with Crippen LogP contribution in [0.3, 0.4) is 0 Å². The van der Waals surface area contributed by atoms with Gasteiger partial charge in [-0.15, -0.1) is 0 Å². The standard InChI is InChI=1S/C12H24N2O3/c1-4-9(3)11(12(16)17-5-2)14-10(15)7-6-8-13/h9,11H,4-8,13H2,1-3H3,(H,14,15). The molecule has 0 aromatic heterocycles. The van der Waals surface area contributed by atoms with Crippen molar-refractivity contribution in [1.82, 2.24) is 5.32 Å². The van der Waals surface area contributed by atoms with Crippen LogP contribution in [0.5, 0.6) is 0 Å². The van der Waals surface area contributed by atoms with Crippen molar-refractivity contribution in [2.24, 2.45) is 11.7 Å². The molecule has 0 heterocycles. The molecule has 3 N–H and O–H groups in total. The third-order valence-corrected chi connectivity index (χ3v) is 2.68. The van der Waals surface area contributed by atoms with Gasteiger partial charge in [0, 0.05) is 6.42 Å². The summed E-state index contributed by atoms with van der Waals surface area (Å²) in [6.07, 6.45) is 1.78. The van der Waals surface area contributed by atoms with Crippen LogP contribution in [0.25, 0.3) is 0 Å². The number of esters is 1. The van der Waals surface area contributed by atoms with Crippen LogP contribution in [0.1, 0.15) is 40.0 Å². The van der Waals surface area contributed by atoms with E-state index in [0.717, 1.165) is 6.42 Å². The number of hydrogen-bond donors (Lipinski definition) is 2. The Morgan fingerprint density at radius 1 is 1.35 bits per heavy atom. The van der Waals surface area contributed by atoms with Crippen LogP contribution in [0.15, 0.2) is 0 Å². The number of rotatable bonds is 8. The summed E-state index contributed by atoms with van der Waals surface area (Å²) in [4.78, 5) is 23.3. The molecule has 17 heavy (non-hydrogen) atoms. The van der Waals surface area contributed by atoms with E-state index in [0.29, 0.717) is 26.0 Å². The van der Waals surface area contributed by atoms with E-state index < -0.39 is 6.04 Å². The molecule has 0 saturated heterocycles. The van der Waals surface area contributed by atoms with Crippen molar-refractivity contribution in [3.8, 4) is 0 Å². The second kappa shape index (κ2) is 8.98. The van der Waals surface area contributed by atoms with Gasteiger partial charge in [-0.2, -0.15) is 0 Å². The Bertz CT molecular complexity index is 244. The number of ether oxygens (including phenoxy) is 1. The Labute approximate surface area is 103 Å². The first-order valence-electron chi connectivity index (χ1n) is 6.22. The second-order valence-corrected chi connectivity index (χ2v) is 4.07. The Morgan fingerprint density at radius 2 is 2.00 bits per heavy atom. The molecule has 0 radical (unpaired) electrons. The zero-order valence-electron chi connectivity index (χ0n) is 11.0. The molecule has 100 valence electrons. The van der Waals surface area contributed by atoms with E-state index in [1.807, 2.05) is 13.8 Å². The lowest BCUT2D eigenvalue weighted by Crippen LogP contribution is -2.46. The first-order valence-corrected chi connectivity index (χ1v) is 6.22. The lowest BCUT2D eigenvalue weighted by Gasteiger charge is -2.22. The van der Waals surface area contributed by atoms with Crippen molar-refractivity contribution >= 4 is 11.9 Å². The van der Waals surface area contributed by atoms with Crippen LogP contribution < -0.4 is 11.1 Å². The molecule has 1 amide bonds. The van der Waals surface area contributed by atoms with Gasteiger partial charge >= 0.3 is 5.97 Å². The zero-order valence-corrected chi connectivity index (χ0v) is 11.0. The molecule has 0 fully saturated rings. The van der Waals surface area contributed by atoms with Crippen molar-refractivity contribution in [3.05, 3.63) is 0 Å². The van der Waals surface area contributed by atoms with E-state index in [-0.39, 0.29) is 17.8 Å². The first kappa shape index (κ1) is 15.9. The monoisotopic (exact) mass is 244 g/mol. The molecular formula is C12H24N2O3. The van der Waals surface area contributed by atoms with E-state index in [9.17, 15) is 9.59 Å². The third-order valence-electron chi connectivity index (χ3n) is 2.68. The van der Waals surface area contributed by atoms with Crippen LogP contribution in [-0.2, 0) is 14.3 Å². The van der Waals surface area contributed by atoms with E-state index in [1.165, 1.54) is 0 Å². The highest BCUT2D eigenvalue weighted by molar-refractivity contribution is 5.84. The van der Waals surface area contributed by atoms with Crippen molar-refractivity contribution in [2.45, 2.75) is 46.1 Å². The average molecular weight is 244 g/mol. The van der Waals surface area contributed by atoms with E-state index in [4.69, 9.17) is 10.5 Å². The molecule has 5 heteroatoms. The molecule has 0 aliphatic heterocycles. The zero-order chi connectivity index (χ0) is 13.3. The second-order valence-electron chi connectivity index (χ2n) is 4.07. The van der Waals surface area contributed by atoms with Crippen LogP contribution in [0, 0.1) is 5.92 Å². The molecular weight excluding hydrogens is 220 g/mol. The molecule has 0 saturated carbocycles. The fourth-order valence-corrected chi connectivity index (χ4v) is 1.41. The predicted molar refractivity (Wildman–Crippen MR) is 66.3 cm³/mol. The molecule has 0 spiro atoms. The van der Waals surface area contributed by atoms with Gasteiger partial charge < -0.3 is 15.8 Å². The van der Waals surface area contributed by atoms with Crippen molar-refractivity contribution < 1.29 is 14.3 Å². The Balaban J connectivity index is 4.38. The molecule has 2 unspecified atom stereocenters. The molecule has 2 atom stereocenters. The molecule has 5 nitrogen and oxygen atoms in total. The number of carbonyl (C=O) groups is 2. The van der Waals surface area contributed by atoms with Gasteiger partial charge in [0.05, 0.1) is 6.61 Å². The van der Waals surface area contributed by atoms with Crippen molar-refractivity contribution in [3.63, 3.8) is 0 Å². The van der Waals surface area contributed by atoms with Crippen molar-refractivity contribution in [2.75, 3.05) is 13.2 Å². The summed E-state index contributed by atoms with van der Waals surface area (Å²) in [5, 5.41) is 2.72. The number of amides is 1.